The molecule has 1 aromatic carbocycles. The van der Waals surface area contributed by atoms with Crippen LogP contribution in [0.2, 0.25) is 10.0 Å². The molecule has 2 aliphatic heterocycles. The maximum Gasteiger partial charge on any atom is 0.292 e. The lowest BCUT2D eigenvalue weighted by molar-refractivity contribution is -0.902. The Balaban J connectivity index is 1.87. The highest BCUT2D eigenvalue weighted by Gasteiger charge is 2.46. The van der Waals surface area contributed by atoms with Crippen LogP contribution >= 0.6 is 23.2 Å². The fourth-order valence-electron chi connectivity index (χ4n) is 3.02. The van der Waals surface area contributed by atoms with Gasteiger partial charge in [-0.15, -0.1) is 0 Å². The summed E-state index contributed by atoms with van der Waals surface area (Å²) < 4.78 is 0. The van der Waals surface area contributed by atoms with Crippen LogP contribution in [-0.2, 0) is 9.59 Å². The van der Waals surface area contributed by atoms with Crippen LogP contribution in [0.15, 0.2) is 18.2 Å². The molecule has 0 bridgehead atoms. The molecule has 0 aromatic heterocycles. The van der Waals surface area contributed by atoms with Crippen LogP contribution in [-0.4, -0.2) is 30.9 Å². The van der Waals surface area contributed by atoms with Crippen molar-refractivity contribution in [1.82, 2.24) is 0 Å². The van der Waals surface area contributed by atoms with E-state index < -0.39 is 0 Å². The zero-order valence-electron chi connectivity index (χ0n) is 10.9. The molecule has 1 atom stereocenters. The highest BCUT2D eigenvalue weighted by molar-refractivity contribution is 6.42. The van der Waals surface area contributed by atoms with E-state index in [1.165, 1.54) is 9.80 Å². The number of amides is 2. The van der Waals surface area contributed by atoms with Gasteiger partial charge in [0.15, 0.2) is 6.04 Å². The van der Waals surface area contributed by atoms with E-state index in [1.54, 1.807) is 18.2 Å². The van der Waals surface area contributed by atoms with Crippen LogP contribution in [0.25, 0.3) is 0 Å². The van der Waals surface area contributed by atoms with E-state index in [-0.39, 0.29) is 24.3 Å². The summed E-state index contributed by atoms with van der Waals surface area (Å²) in [5.41, 5.74) is 0.510. The number of likely N-dealkylation sites (tertiary alicyclic amines) is 1. The fraction of sp³-hybridized carbons (Fsp3) is 0.429. The first-order valence-corrected chi connectivity index (χ1v) is 7.50. The van der Waals surface area contributed by atoms with Gasteiger partial charge in [-0.3, -0.25) is 9.59 Å². The number of halogens is 2. The van der Waals surface area contributed by atoms with Gasteiger partial charge in [-0.1, -0.05) is 23.2 Å². The number of benzene rings is 1. The minimum absolute atomic E-state index is 0.120. The number of carbonyl (C=O) groups excluding carboxylic acids is 2. The van der Waals surface area contributed by atoms with E-state index in [4.69, 9.17) is 23.2 Å². The number of imide groups is 1. The Morgan fingerprint density at radius 3 is 2.45 bits per heavy atom. The molecule has 2 fully saturated rings. The van der Waals surface area contributed by atoms with Crippen molar-refractivity contribution in [2.45, 2.75) is 25.3 Å². The second kappa shape index (κ2) is 5.35. The lowest BCUT2D eigenvalue weighted by atomic mass is 10.2. The topological polar surface area (TPSA) is 41.8 Å². The molecule has 1 aromatic rings. The largest absolute Gasteiger partial charge is 0.324 e. The smallest absolute Gasteiger partial charge is 0.292 e. The molecule has 0 aliphatic carbocycles. The molecule has 2 amide bonds. The quantitative estimate of drug-likeness (QED) is 0.836. The molecule has 1 N–H and O–H groups in total. The molecular formula is C14H15Cl2N2O2+. The van der Waals surface area contributed by atoms with Gasteiger partial charge >= 0.3 is 0 Å². The Morgan fingerprint density at radius 2 is 1.80 bits per heavy atom. The first kappa shape index (κ1) is 13.9. The van der Waals surface area contributed by atoms with Gasteiger partial charge in [0.1, 0.15) is 0 Å². The van der Waals surface area contributed by atoms with E-state index in [0.29, 0.717) is 15.7 Å². The van der Waals surface area contributed by atoms with Crippen molar-refractivity contribution in [3.63, 3.8) is 0 Å². The predicted molar refractivity (Wildman–Crippen MR) is 77.3 cm³/mol. The van der Waals surface area contributed by atoms with Crippen molar-refractivity contribution in [2.24, 2.45) is 0 Å². The molecular weight excluding hydrogens is 299 g/mol. The minimum Gasteiger partial charge on any atom is -0.324 e. The first-order valence-electron chi connectivity index (χ1n) is 6.74. The monoisotopic (exact) mass is 313 g/mol. The summed E-state index contributed by atoms with van der Waals surface area (Å²) in [5, 5.41) is 0.762. The van der Waals surface area contributed by atoms with Crippen molar-refractivity contribution >= 4 is 40.7 Å². The van der Waals surface area contributed by atoms with Crippen LogP contribution < -0.4 is 9.80 Å². The van der Waals surface area contributed by atoms with Gasteiger partial charge < -0.3 is 4.90 Å². The van der Waals surface area contributed by atoms with Crippen LogP contribution in [0.4, 0.5) is 5.69 Å². The Kier molecular flexibility index (Phi) is 3.71. The van der Waals surface area contributed by atoms with Crippen molar-refractivity contribution < 1.29 is 14.5 Å². The third-order valence-corrected chi connectivity index (χ3v) is 4.79. The molecule has 3 rings (SSSR count). The number of hydrogen-bond donors (Lipinski definition) is 1. The maximum atomic E-state index is 12.5. The predicted octanol–water partition coefficient (Wildman–Crippen LogP) is 1.30. The van der Waals surface area contributed by atoms with Crippen molar-refractivity contribution in [3.05, 3.63) is 28.2 Å². The normalized spacial score (nSPS) is 23.9. The van der Waals surface area contributed by atoms with Crippen molar-refractivity contribution in [3.8, 4) is 0 Å². The minimum atomic E-state index is -0.237. The summed E-state index contributed by atoms with van der Waals surface area (Å²) in [4.78, 5) is 27.1. The summed E-state index contributed by atoms with van der Waals surface area (Å²) in [5.74, 6) is -0.275. The second-order valence-electron chi connectivity index (χ2n) is 5.29. The van der Waals surface area contributed by atoms with Gasteiger partial charge in [-0.05, 0) is 18.2 Å². The lowest BCUT2D eigenvalue weighted by Gasteiger charge is -2.19. The van der Waals surface area contributed by atoms with Gasteiger partial charge in [0.25, 0.3) is 5.91 Å². The van der Waals surface area contributed by atoms with Gasteiger partial charge in [-0.2, -0.15) is 0 Å². The van der Waals surface area contributed by atoms with Crippen LogP contribution in [0, 0.1) is 0 Å². The Labute approximate surface area is 127 Å². The van der Waals surface area contributed by atoms with Gasteiger partial charge in [0, 0.05) is 12.8 Å². The number of rotatable bonds is 2. The first-order chi connectivity index (χ1) is 9.58. The lowest BCUT2D eigenvalue weighted by Crippen LogP contribution is -3.14. The Bertz CT molecular complexity index is 570. The number of anilines is 1. The van der Waals surface area contributed by atoms with Crippen LogP contribution in [0.1, 0.15) is 19.3 Å². The summed E-state index contributed by atoms with van der Waals surface area (Å²) in [7, 11) is 0. The SMILES string of the molecule is O=C1C[C@H]([NH+]2CCCC2)C(=O)N1c1ccc(Cl)c(Cl)c1. The third-order valence-electron chi connectivity index (χ3n) is 4.05. The fourth-order valence-corrected chi connectivity index (χ4v) is 3.32. The van der Waals surface area contributed by atoms with Gasteiger partial charge in [0.2, 0.25) is 5.91 Å². The highest BCUT2D eigenvalue weighted by atomic mass is 35.5. The Hall–Kier alpha value is -1.10. The van der Waals surface area contributed by atoms with Crippen LogP contribution in [0.5, 0.6) is 0 Å². The molecule has 0 radical (unpaired) electrons. The molecule has 2 heterocycles. The van der Waals surface area contributed by atoms with Crippen LogP contribution in [0.3, 0.4) is 0 Å². The summed E-state index contributed by atoms with van der Waals surface area (Å²) in [6, 6.07) is 4.60. The number of hydrogen-bond acceptors (Lipinski definition) is 2. The molecule has 4 nitrogen and oxygen atoms in total. The molecule has 20 heavy (non-hydrogen) atoms. The van der Waals surface area contributed by atoms with Gasteiger partial charge in [0.05, 0.1) is 35.2 Å². The highest BCUT2D eigenvalue weighted by Crippen LogP contribution is 2.29. The van der Waals surface area contributed by atoms with E-state index in [0.717, 1.165) is 25.9 Å². The van der Waals surface area contributed by atoms with Crippen molar-refractivity contribution in [2.75, 3.05) is 18.0 Å². The average molecular weight is 314 g/mol. The molecule has 0 spiro atoms. The Morgan fingerprint density at radius 1 is 1.10 bits per heavy atom. The summed E-state index contributed by atoms with van der Waals surface area (Å²) in [6.07, 6.45) is 2.54. The molecule has 6 heteroatoms. The van der Waals surface area contributed by atoms with E-state index in [2.05, 4.69) is 0 Å². The molecule has 2 saturated heterocycles. The number of carbonyl (C=O) groups is 2. The van der Waals surface area contributed by atoms with E-state index in [9.17, 15) is 9.59 Å². The molecule has 106 valence electrons. The second-order valence-corrected chi connectivity index (χ2v) is 6.10. The standard InChI is InChI=1S/C14H14Cl2N2O2/c15-10-4-3-9(7-11(10)16)18-13(19)8-12(14(18)20)17-5-1-2-6-17/h3-4,7,12H,1-2,5-6,8H2/p+1/t12-/m0/s1. The maximum absolute atomic E-state index is 12.5. The number of nitrogens with one attached hydrogen (secondary N) is 1. The van der Waals surface area contributed by atoms with E-state index in [1.807, 2.05) is 0 Å². The number of quaternary nitrogens is 1. The molecule has 2 aliphatic rings. The summed E-state index contributed by atoms with van der Waals surface area (Å²) >= 11 is 11.8. The average Bonchev–Trinajstić information content (AvgIpc) is 3.02. The molecule has 0 unspecified atom stereocenters. The van der Waals surface area contributed by atoms with Crippen molar-refractivity contribution in [1.29, 1.82) is 0 Å². The van der Waals surface area contributed by atoms with Gasteiger partial charge in [-0.25, -0.2) is 4.90 Å². The number of nitrogens with zero attached hydrogens (tertiary/aromatic N) is 1. The molecule has 0 saturated carbocycles. The van der Waals surface area contributed by atoms with E-state index >= 15 is 0 Å². The zero-order valence-corrected chi connectivity index (χ0v) is 12.4. The summed E-state index contributed by atoms with van der Waals surface area (Å²) in [6.45, 7) is 1.94. The third kappa shape index (κ3) is 2.32. The zero-order chi connectivity index (χ0) is 14.3.